The maximum absolute atomic E-state index is 12.3. The second-order valence-corrected chi connectivity index (χ2v) is 8.47. The molecule has 2 rings (SSSR count). The van der Waals surface area contributed by atoms with E-state index in [9.17, 15) is 14.4 Å². The molecule has 0 aliphatic carbocycles. The topological polar surface area (TPSA) is 127 Å². The molecule has 3 N–H and O–H groups in total. The Bertz CT molecular complexity index is 1060. The summed E-state index contributed by atoms with van der Waals surface area (Å²) in [7, 11) is 1.57. The fourth-order valence-corrected chi connectivity index (χ4v) is 3.46. The van der Waals surface area contributed by atoms with E-state index in [-0.39, 0.29) is 18.6 Å². The molecule has 0 aromatic heterocycles. The molecule has 10 nitrogen and oxygen atoms in total. The smallest absolute Gasteiger partial charge is 0.329 e. The van der Waals surface area contributed by atoms with Gasteiger partial charge in [0.25, 0.3) is 5.91 Å². The molecular formula is C24H29IN4O6. The number of hydrogen-bond acceptors (Lipinski definition) is 7. The molecular weight excluding hydrogens is 567 g/mol. The number of nitrogens with zero attached hydrogens (tertiary/aromatic N) is 1. The summed E-state index contributed by atoms with van der Waals surface area (Å²) < 4.78 is 17.2. The van der Waals surface area contributed by atoms with Crippen LogP contribution < -0.4 is 30.3 Å². The lowest BCUT2D eigenvalue weighted by molar-refractivity contribution is -0.139. The van der Waals surface area contributed by atoms with E-state index in [2.05, 4.69) is 43.8 Å². The molecule has 0 saturated heterocycles. The molecule has 0 saturated carbocycles. The highest BCUT2D eigenvalue weighted by molar-refractivity contribution is 14.1. The second-order valence-electron chi connectivity index (χ2n) is 7.31. The monoisotopic (exact) mass is 596 g/mol. The third kappa shape index (κ3) is 9.08. The zero-order chi connectivity index (χ0) is 25.8. The van der Waals surface area contributed by atoms with E-state index in [1.807, 2.05) is 13.8 Å². The minimum atomic E-state index is -0.857. The molecule has 0 unspecified atom stereocenters. The van der Waals surface area contributed by atoms with E-state index in [4.69, 9.17) is 14.2 Å². The summed E-state index contributed by atoms with van der Waals surface area (Å²) in [5, 5.41) is 9.16. The zero-order valence-corrected chi connectivity index (χ0v) is 22.2. The number of rotatable bonds is 11. The summed E-state index contributed by atoms with van der Waals surface area (Å²) in [5.41, 5.74) is 3.42. The average molecular weight is 596 g/mol. The van der Waals surface area contributed by atoms with Crippen LogP contribution in [0.15, 0.2) is 41.5 Å². The van der Waals surface area contributed by atoms with Crippen LogP contribution in [0.3, 0.4) is 0 Å². The van der Waals surface area contributed by atoms with Crippen LogP contribution in [0.4, 0.5) is 5.69 Å². The molecule has 2 aromatic carbocycles. The van der Waals surface area contributed by atoms with Crippen molar-refractivity contribution in [2.45, 2.75) is 33.2 Å². The number of carbonyl (C=O) groups excluding carboxylic acids is 3. The number of halogens is 1. The first kappa shape index (κ1) is 27.9. The summed E-state index contributed by atoms with van der Waals surface area (Å²) in [6.07, 6.45) is 2.10. The van der Waals surface area contributed by atoms with Crippen molar-refractivity contribution in [1.82, 2.24) is 10.7 Å². The zero-order valence-electron chi connectivity index (χ0n) is 20.0. The van der Waals surface area contributed by atoms with Crippen LogP contribution in [0.1, 0.15) is 32.8 Å². The van der Waals surface area contributed by atoms with Crippen LogP contribution in [0.25, 0.3) is 0 Å². The fourth-order valence-electron chi connectivity index (χ4n) is 2.68. The number of hydrazone groups is 1. The van der Waals surface area contributed by atoms with Crippen LogP contribution in [0.5, 0.6) is 17.2 Å². The van der Waals surface area contributed by atoms with Crippen molar-refractivity contribution >= 4 is 52.2 Å². The third-order valence-electron chi connectivity index (χ3n) is 4.63. The number of nitrogens with one attached hydrogen (secondary N) is 3. The first-order chi connectivity index (χ1) is 16.8. The van der Waals surface area contributed by atoms with E-state index >= 15 is 0 Å². The van der Waals surface area contributed by atoms with E-state index in [0.29, 0.717) is 45.1 Å². The van der Waals surface area contributed by atoms with Gasteiger partial charge in [-0.15, -0.1) is 0 Å². The maximum Gasteiger partial charge on any atom is 0.329 e. The van der Waals surface area contributed by atoms with Gasteiger partial charge >= 0.3 is 11.8 Å². The van der Waals surface area contributed by atoms with Crippen molar-refractivity contribution in [3.8, 4) is 17.2 Å². The van der Waals surface area contributed by atoms with E-state index in [1.54, 1.807) is 50.4 Å². The van der Waals surface area contributed by atoms with Gasteiger partial charge in [-0.05, 0) is 84.8 Å². The molecule has 1 atom stereocenters. The van der Waals surface area contributed by atoms with E-state index in [1.165, 1.54) is 6.21 Å². The van der Waals surface area contributed by atoms with Gasteiger partial charge in [0, 0.05) is 11.7 Å². The fraction of sp³-hybridized carbons (Fsp3) is 0.333. The van der Waals surface area contributed by atoms with Crippen molar-refractivity contribution < 1.29 is 28.6 Å². The molecule has 188 valence electrons. The van der Waals surface area contributed by atoms with Crippen molar-refractivity contribution in [2.24, 2.45) is 5.10 Å². The molecule has 0 heterocycles. The predicted octanol–water partition coefficient (Wildman–Crippen LogP) is 3.08. The number of anilines is 1. The van der Waals surface area contributed by atoms with Gasteiger partial charge in [0.1, 0.15) is 5.75 Å². The first-order valence-electron chi connectivity index (χ1n) is 10.9. The normalized spacial score (nSPS) is 11.5. The molecule has 0 bridgehead atoms. The number of hydrogen-bond donors (Lipinski definition) is 3. The summed E-state index contributed by atoms with van der Waals surface area (Å²) in [4.78, 5) is 36.0. The second kappa shape index (κ2) is 14.1. The van der Waals surface area contributed by atoms with Crippen molar-refractivity contribution in [3.63, 3.8) is 0 Å². The summed E-state index contributed by atoms with van der Waals surface area (Å²) in [5.74, 6) is -0.433. The third-order valence-corrected chi connectivity index (χ3v) is 5.43. The number of benzene rings is 2. The standard InChI is InChI=1S/C24H29IN4O6/c1-5-15(3)27-23(31)24(32)29-26-13-16-11-19(25)22(20(12-16)34-6-2)35-14-21(30)28-17-7-9-18(33-4)10-8-17/h7-13,15H,5-6,14H2,1-4H3,(H,27,31)(H,28,30)(H,29,32)/b26-13-/t15-/m0/s1. The Labute approximate surface area is 217 Å². The lowest BCUT2D eigenvalue weighted by atomic mass is 10.2. The lowest BCUT2D eigenvalue weighted by Crippen LogP contribution is -2.41. The van der Waals surface area contributed by atoms with Crippen LogP contribution in [-0.2, 0) is 14.4 Å². The number of ether oxygens (including phenoxy) is 3. The Morgan fingerprint density at radius 3 is 2.43 bits per heavy atom. The molecule has 3 amide bonds. The molecule has 0 spiro atoms. The minimum absolute atomic E-state index is 0.113. The van der Waals surface area contributed by atoms with Gasteiger partial charge in [-0.25, -0.2) is 5.43 Å². The lowest BCUT2D eigenvalue weighted by Gasteiger charge is -2.14. The molecule has 35 heavy (non-hydrogen) atoms. The molecule has 11 heteroatoms. The van der Waals surface area contributed by atoms with Crippen molar-refractivity contribution in [1.29, 1.82) is 0 Å². The molecule has 0 aliphatic heterocycles. The molecule has 0 fully saturated rings. The van der Waals surface area contributed by atoms with Crippen molar-refractivity contribution in [3.05, 3.63) is 45.5 Å². The number of amides is 3. The Balaban J connectivity index is 2.02. The minimum Gasteiger partial charge on any atom is -0.497 e. The van der Waals surface area contributed by atoms with E-state index in [0.717, 1.165) is 0 Å². The molecule has 0 radical (unpaired) electrons. The molecule has 2 aromatic rings. The number of methoxy groups -OCH3 is 1. The summed E-state index contributed by atoms with van der Waals surface area (Å²) >= 11 is 2.06. The maximum atomic E-state index is 12.3. The van der Waals surface area contributed by atoms with Gasteiger partial charge in [0.15, 0.2) is 18.1 Å². The Morgan fingerprint density at radius 2 is 1.80 bits per heavy atom. The van der Waals surface area contributed by atoms with Gasteiger partial charge < -0.3 is 24.8 Å². The van der Waals surface area contributed by atoms with Crippen LogP contribution in [-0.4, -0.2) is 50.3 Å². The van der Waals surface area contributed by atoms with Crippen molar-refractivity contribution in [2.75, 3.05) is 25.6 Å². The van der Waals surface area contributed by atoms with Gasteiger partial charge in [0.2, 0.25) is 0 Å². The Hall–Kier alpha value is -3.35. The Kier molecular flexibility index (Phi) is 11.3. The average Bonchev–Trinajstić information content (AvgIpc) is 2.84. The summed E-state index contributed by atoms with van der Waals surface area (Å²) in [6, 6.07) is 10.2. The van der Waals surface area contributed by atoms with Gasteiger partial charge in [0.05, 0.1) is 23.5 Å². The largest absolute Gasteiger partial charge is 0.497 e. The van der Waals surface area contributed by atoms with Crippen LogP contribution in [0.2, 0.25) is 0 Å². The summed E-state index contributed by atoms with van der Waals surface area (Å²) in [6.45, 7) is 5.68. The first-order valence-corrected chi connectivity index (χ1v) is 12.0. The quantitative estimate of drug-likeness (QED) is 0.158. The van der Waals surface area contributed by atoms with Gasteiger partial charge in [-0.2, -0.15) is 5.10 Å². The highest BCUT2D eigenvalue weighted by atomic mass is 127. The number of carbonyl (C=O) groups is 3. The van der Waals surface area contributed by atoms with E-state index < -0.39 is 11.8 Å². The Morgan fingerprint density at radius 1 is 1.09 bits per heavy atom. The highest BCUT2D eigenvalue weighted by Gasteiger charge is 2.16. The molecule has 0 aliphatic rings. The van der Waals surface area contributed by atoms with Gasteiger partial charge in [-0.3, -0.25) is 14.4 Å². The van der Waals surface area contributed by atoms with Gasteiger partial charge in [-0.1, -0.05) is 6.92 Å². The van der Waals surface area contributed by atoms with Crippen LogP contribution in [0, 0.1) is 3.57 Å². The predicted molar refractivity (Wildman–Crippen MR) is 141 cm³/mol. The SMILES string of the molecule is CCOc1cc(/C=N\NC(=O)C(=O)N[C@@H](C)CC)cc(I)c1OCC(=O)Nc1ccc(OC)cc1. The van der Waals surface area contributed by atoms with Crippen LogP contribution >= 0.6 is 22.6 Å². The highest BCUT2D eigenvalue weighted by Crippen LogP contribution is 2.34.